The molecular formula is C8H8BrClN2O2. The molecule has 0 unspecified atom stereocenters. The van der Waals surface area contributed by atoms with Crippen molar-refractivity contribution in [2.45, 2.75) is 0 Å². The second kappa shape index (κ2) is 4.61. The monoisotopic (exact) mass is 278 g/mol. The van der Waals surface area contributed by atoms with E-state index in [2.05, 4.69) is 31.0 Å². The summed E-state index contributed by atoms with van der Waals surface area (Å²) in [5.74, 6) is -0.508. The number of nitrogens with one attached hydrogen (secondary N) is 1. The third-order valence-electron chi connectivity index (χ3n) is 1.58. The van der Waals surface area contributed by atoms with E-state index < -0.39 is 5.97 Å². The fourth-order valence-corrected chi connectivity index (χ4v) is 1.35. The molecule has 0 amide bonds. The number of nitrogens with zero attached hydrogens (tertiary/aromatic N) is 1. The van der Waals surface area contributed by atoms with Crippen molar-refractivity contribution in [2.24, 2.45) is 0 Å². The van der Waals surface area contributed by atoms with E-state index >= 15 is 0 Å². The molecule has 1 aromatic heterocycles. The van der Waals surface area contributed by atoms with Gasteiger partial charge in [-0.2, -0.15) is 0 Å². The number of pyridine rings is 1. The molecule has 14 heavy (non-hydrogen) atoms. The van der Waals surface area contributed by atoms with Crippen LogP contribution in [0.1, 0.15) is 10.5 Å². The van der Waals surface area contributed by atoms with Crippen LogP contribution in [0.2, 0.25) is 5.02 Å². The van der Waals surface area contributed by atoms with Gasteiger partial charge in [0, 0.05) is 7.05 Å². The minimum absolute atomic E-state index is 0.200. The van der Waals surface area contributed by atoms with Crippen molar-refractivity contribution in [3.8, 4) is 0 Å². The third-order valence-corrected chi connectivity index (χ3v) is 2.70. The molecule has 0 aromatic carbocycles. The first-order chi connectivity index (χ1) is 6.60. The van der Waals surface area contributed by atoms with Gasteiger partial charge in [0.25, 0.3) is 0 Å². The van der Waals surface area contributed by atoms with Crippen LogP contribution >= 0.6 is 27.5 Å². The Balaban J connectivity index is 3.27. The van der Waals surface area contributed by atoms with Crippen LogP contribution in [0.4, 0.5) is 5.69 Å². The lowest BCUT2D eigenvalue weighted by molar-refractivity contribution is 0.0595. The van der Waals surface area contributed by atoms with Gasteiger partial charge in [0.05, 0.1) is 17.8 Å². The van der Waals surface area contributed by atoms with E-state index in [9.17, 15) is 4.79 Å². The van der Waals surface area contributed by atoms with Crippen molar-refractivity contribution in [2.75, 3.05) is 19.5 Å². The molecule has 0 aliphatic heterocycles. The van der Waals surface area contributed by atoms with E-state index in [4.69, 9.17) is 11.6 Å². The maximum atomic E-state index is 11.3. The molecule has 0 atom stereocenters. The number of rotatable bonds is 2. The first kappa shape index (κ1) is 11.3. The number of hydrogen-bond donors (Lipinski definition) is 1. The maximum Gasteiger partial charge on any atom is 0.358 e. The van der Waals surface area contributed by atoms with Crippen molar-refractivity contribution in [3.63, 3.8) is 0 Å². The number of ether oxygens (including phenoxy) is 1. The molecule has 1 rings (SSSR count). The van der Waals surface area contributed by atoms with Crippen LogP contribution in [0, 0.1) is 0 Å². The van der Waals surface area contributed by atoms with Crippen molar-refractivity contribution < 1.29 is 9.53 Å². The van der Waals surface area contributed by atoms with Gasteiger partial charge in [0.1, 0.15) is 4.60 Å². The number of halogens is 2. The largest absolute Gasteiger partial charge is 0.464 e. The minimum Gasteiger partial charge on any atom is -0.464 e. The van der Waals surface area contributed by atoms with Crippen LogP contribution in [0.3, 0.4) is 0 Å². The fraction of sp³-hybridized carbons (Fsp3) is 0.250. The highest BCUT2D eigenvalue weighted by atomic mass is 79.9. The molecule has 1 heterocycles. The zero-order chi connectivity index (χ0) is 10.7. The van der Waals surface area contributed by atoms with Gasteiger partial charge in [0.15, 0.2) is 5.69 Å². The average molecular weight is 280 g/mol. The second-order valence-electron chi connectivity index (χ2n) is 2.40. The van der Waals surface area contributed by atoms with Crippen LogP contribution in [0.15, 0.2) is 10.7 Å². The molecule has 1 N–H and O–H groups in total. The van der Waals surface area contributed by atoms with Crippen molar-refractivity contribution in [3.05, 3.63) is 21.4 Å². The number of hydrogen-bond acceptors (Lipinski definition) is 4. The zero-order valence-electron chi connectivity index (χ0n) is 7.60. The van der Waals surface area contributed by atoms with Crippen LogP contribution in [-0.4, -0.2) is 25.1 Å². The van der Waals surface area contributed by atoms with Crippen molar-refractivity contribution >= 4 is 39.2 Å². The lowest BCUT2D eigenvalue weighted by Gasteiger charge is -2.07. The molecule has 0 saturated carbocycles. The van der Waals surface area contributed by atoms with Gasteiger partial charge in [0.2, 0.25) is 0 Å². The molecule has 0 aliphatic carbocycles. The Morgan fingerprint density at radius 2 is 2.36 bits per heavy atom. The highest BCUT2D eigenvalue weighted by Crippen LogP contribution is 2.26. The van der Waals surface area contributed by atoms with Gasteiger partial charge < -0.3 is 10.1 Å². The van der Waals surface area contributed by atoms with E-state index in [1.165, 1.54) is 7.11 Å². The number of aromatic nitrogens is 1. The molecular weight excluding hydrogens is 271 g/mol. The molecule has 76 valence electrons. The minimum atomic E-state index is -0.508. The van der Waals surface area contributed by atoms with E-state index in [0.29, 0.717) is 15.3 Å². The number of esters is 1. The summed E-state index contributed by atoms with van der Waals surface area (Å²) in [4.78, 5) is 15.2. The summed E-state index contributed by atoms with van der Waals surface area (Å²) < 4.78 is 4.98. The Kier molecular flexibility index (Phi) is 3.71. The molecule has 0 bridgehead atoms. The molecule has 0 fully saturated rings. The number of anilines is 1. The lowest BCUT2D eigenvalue weighted by atomic mass is 10.3. The molecule has 0 radical (unpaired) electrons. The summed E-state index contributed by atoms with van der Waals surface area (Å²) in [5.41, 5.74) is 0.733. The quantitative estimate of drug-likeness (QED) is 0.667. The summed E-state index contributed by atoms with van der Waals surface area (Å²) in [6.07, 6.45) is 0. The van der Waals surface area contributed by atoms with Gasteiger partial charge in [-0.05, 0) is 22.0 Å². The molecule has 0 saturated heterocycles. The van der Waals surface area contributed by atoms with Crippen molar-refractivity contribution in [1.29, 1.82) is 0 Å². The SMILES string of the molecule is CNc1cc(Cl)c(Br)nc1C(=O)OC. The van der Waals surface area contributed by atoms with E-state index in [1.54, 1.807) is 13.1 Å². The van der Waals surface area contributed by atoms with Crippen LogP contribution < -0.4 is 5.32 Å². The summed E-state index contributed by atoms with van der Waals surface area (Å²) >= 11 is 8.94. The van der Waals surface area contributed by atoms with E-state index in [0.717, 1.165) is 0 Å². The predicted octanol–water partition coefficient (Wildman–Crippen LogP) is 2.33. The molecule has 1 aromatic rings. The van der Waals surface area contributed by atoms with Gasteiger partial charge in [-0.25, -0.2) is 9.78 Å². The summed E-state index contributed by atoms with van der Waals surface area (Å²) in [6.45, 7) is 0. The predicted molar refractivity (Wildman–Crippen MR) is 57.8 cm³/mol. The first-order valence-electron chi connectivity index (χ1n) is 3.72. The standard InChI is InChI=1S/C8H8BrClN2O2/c1-11-5-3-4(10)7(9)12-6(5)8(13)14-2/h3,11H,1-2H3. The Morgan fingerprint density at radius 3 is 2.86 bits per heavy atom. The second-order valence-corrected chi connectivity index (χ2v) is 3.56. The first-order valence-corrected chi connectivity index (χ1v) is 4.89. The van der Waals surface area contributed by atoms with Crippen LogP contribution in [-0.2, 0) is 4.74 Å². The van der Waals surface area contributed by atoms with Gasteiger partial charge >= 0.3 is 5.97 Å². The third kappa shape index (κ3) is 2.16. The smallest absolute Gasteiger partial charge is 0.358 e. The maximum absolute atomic E-state index is 11.3. The van der Waals surface area contributed by atoms with Crippen LogP contribution in [0.5, 0.6) is 0 Å². The van der Waals surface area contributed by atoms with E-state index in [-0.39, 0.29) is 5.69 Å². The van der Waals surface area contributed by atoms with Crippen molar-refractivity contribution in [1.82, 2.24) is 4.98 Å². The number of carbonyl (C=O) groups excluding carboxylic acids is 1. The number of carbonyl (C=O) groups is 1. The van der Waals surface area contributed by atoms with Gasteiger partial charge in [-0.1, -0.05) is 11.6 Å². The number of methoxy groups -OCH3 is 1. The Morgan fingerprint density at radius 1 is 1.71 bits per heavy atom. The highest BCUT2D eigenvalue weighted by molar-refractivity contribution is 9.10. The zero-order valence-corrected chi connectivity index (χ0v) is 9.94. The highest BCUT2D eigenvalue weighted by Gasteiger charge is 2.15. The normalized spacial score (nSPS) is 9.71. The molecule has 0 spiro atoms. The van der Waals surface area contributed by atoms with Gasteiger partial charge in [-0.15, -0.1) is 0 Å². The topological polar surface area (TPSA) is 51.2 Å². The lowest BCUT2D eigenvalue weighted by Crippen LogP contribution is -2.08. The summed E-state index contributed by atoms with van der Waals surface area (Å²) in [6, 6.07) is 1.60. The molecule has 6 heteroatoms. The Labute approximate surface area is 94.7 Å². The summed E-state index contributed by atoms with van der Waals surface area (Å²) in [7, 11) is 2.97. The Hall–Kier alpha value is -0.810. The Bertz CT molecular complexity index is 371. The molecule has 4 nitrogen and oxygen atoms in total. The van der Waals surface area contributed by atoms with E-state index in [1.807, 2.05) is 0 Å². The fourth-order valence-electron chi connectivity index (χ4n) is 0.909. The van der Waals surface area contributed by atoms with Gasteiger partial charge in [-0.3, -0.25) is 0 Å². The summed E-state index contributed by atoms with van der Waals surface area (Å²) in [5, 5.41) is 3.24. The average Bonchev–Trinajstić information content (AvgIpc) is 2.20. The molecule has 0 aliphatic rings. The van der Waals surface area contributed by atoms with Crippen LogP contribution in [0.25, 0.3) is 0 Å².